The molecule has 3 amide bonds. The third-order valence-corrected chi connectivity index (χ3v) is 8.73. The van der Waals surface area contributed by atoms with Crippen molar-refractivity contribution in [2.45, 2.75) is 11.3 Å². The van der Waals surface area contributed by atoms with Crippen molar-refractivity contribution in [1.82, 2.24) is 14.8 Å². The lowest BCUT2D eigenvalue weighted by Gasteiger charge is -2.32. The molecule has 8 nitrogen and oxygen atoms in total. The minimum atomic E-state index is -0.334. The first-order valence-corrected chi connectivity index (χ1v) is 14.4. The number of anilines is 2. The van der Waals surface area contributed by atoms with Gasteiger partial charge in [0.1, 0.15) is 0 Å². The van der Waals surface area contributed by atoms with Crippen molar-refractivity contribution < 1.29 is 14.4 Å². The number of carbonyl (C=O) groups is 3. The molecule has 5 rings (SSSR count). The fraction of sp³-hybridized carbons (Fsp3) is 0.241. The zero-order valence-electron chi connectivity index (χ0n) is 21.8. The zero-order valence-corrected chi connectivity index (χ0v) is 23.4. The Labute approximate surface area is 235 Å². The van der Waals surface area contributed by atoms with Crippen LogP contribution in [0.25, 0.3) is 10.2 Å². The highest BCUT2D eigenvalue weighted by molar-refractivity contribution is 8.01. The van der Waals surface area contributed by atoms with Gasteiger partial charge in [0, 0.05) is 37.6 Å². The topological polar surface area (TPSA) is 94.6 Å². The van der Waals surface area contributed by atoms with Gasteiger partial charge in [-0.2, -0.15) is 0 Å². The minimum absolute atomic E-state index is 0.0914. The Bertz CT molecular complexity index is 1530. The molecule has 0 atom stereocenters. The van der Waals surface area contributed by atoms with Crippen LogP contribution in [0.1, 0.15) is 26.3 Å². The summed E-state index contributed by atoms with van der Waals surface area (Å²) in [6, 6.07) is 20.1. The van der Waals surface area contributed by atoms with Crippen LogP contribution in [0.3, 0.4) is 0 Å². The summed E-state index contributed by atoms with van der Waals surface area (Å²) in [5.74, 6) is -0.304. The lowest BCUT2D eigenvalue weighted by atomic mass is 10.0. The van der Waals surface area contributed by atoms with Gasteiger partial charge in [0.2, 0.25) is 5.91 Å². The molecule has 1 aromatic heterocycles. The number of benzene rings is 3. The lowest BCUT2D eigenvalue weighted by Crippen LogP contribution is -2.47. The van der Waals surface area contributed by atoms with Gasteiger partial charge in [-0.15, -0.1) is 11.3 Å². The summed E-state index contributed by atoms with van der Waals surface area (Å²) >= 11 is 2.85. The molecule has 1 fully saturated rings. The maximum Gasteiger partial charge on any atom is 0.256 e. The number of rotatable bonds is 7. The van der Waals surface area contributed by atoms with E-state index in [0.29, 0.717) is 29.9 Å². The summed E-state index contributed by atoms with van der Waals surface area (Å²) < 4.78 is 1.67. The van der Waals surface area contributed by atoms with E-state index < -0.39 is 0 Å². The van der Waals surface area contributed by atoms with Crippen LogP contribution in [0, 0.1) is 6.92 Å². The largest absolute Gasteiger partial charge is 0.336 e. The van der Waals surface area contributed by atoms with Crippen molar-refractivity contribution in [3.8, 4) is 0 Å². The molecule has 0 radical (unpaired) electrons. The average molecular weight is 560 g/mol. The molecule has 1 saturated heterocycles. The summed E-state index contributed by atoms with van der Waals surface area (Å²) in [5.41, 5.74) is 3.98. The second kappa shape index (κ2) is 12.0. The Morgan fingerprint density at radius 3 is 2.41 bits per heavy atom. The van der Waals surface area contributed by atoms with E-state index in [1.165, 1.54) is 23.1 Å². The van der Waals surface area contributed by atoms with E-state index in [1.807, 2.05) is 50.4 Å². The molecule has 10 heteroatoms. The Morgan fingerprint density at radius 2 is 1.64 bits per heavy atom. The Morgan fingerprint density at radius 1 is 0.923 bits per heavy atom. The number of thiazole rings is 1. The molecule has 1 aliphatic rings. The number of amides is 3. The van der Waals surface area contributed by atoms with Crippen LogP contribution >= 0.6 is 23.1 Å². The van der Waals surface area contributed by atoms with E-state index in [9.17, 15) is 14.4 Å². The molecule has 0 spiro atoms. The third-order valence-electron chi connectivity index (χ3n) is 6.57. The van der Waals surface area contributed by atoms with Gasteiger partial charge >= 0.3 is 0 Å². The summed E-state index contributed by atoms with van der Waals surface area (Å²) in [6.45, 7) is 4.86. The molecule has 39 heavy (non-hydrogen) atoms. The van der Waals surface area contributed by atoms with Crippen LogP contribution < -0.4 is 10.6 Å². The number of fused-ring (bicyclic) bond motifs is 1. The van der Waals surface area contributed by atoms with Crippen molar-refractivity contribution in [3.63, 3.8) is 0 Å². The molecule has 0 bridgehead atoms. The van der Waals surface area contributed by atoms with Gasteiger partial charge < -0.3 is 20.4 Å². The first-order chi connectivity index (χ1) is 18.9. The molecular formula is C29H29N5O3S2. The van der Waals surface area contributed by atoms with Crippen LogP contribution in [-0.2, 0) is 4.79 Å². The number of para-hydroxylation sites is 1. The van der Waals surface area contributed by atoms with Gasteiger partial charge in [-0.25, -0.2) is 4.98 Å². The van der Waals surface area contributed by atoms with E-state index in [0.717, 1.165) is 38.9 Å². The average Bonchev–Trinajstić information content (AvgIpc) is 3.35. The van der Waals surface area contributed by atoms with E-state index in [-0.39, 0.29) is 23.5 Å². The zero-order chi connectivity index (χ0) is 27.4. The normalized spacial score (nSPS) is 13.8. The van der Waals surface area contributed by atoms with Crippen LogP contribution in [0.15, 0.2) is 71.1 Å². The van der Waals surface area contributed by atoms with Crippen molar-refractivity contribution in [2.75, 3.05) is 49.6 Å². The molecule has 2 N–H and O–H groups in total. The summed E-state index contributed by atoms with van der Waals surface area (Å²) in [5, 5.41) is 5.87. The molecule has 4 aromatic rings. The second-order valence-corrected chi connectivity index (χ2v) is 11.7. The number of piperazine rings is 1. The van der Waals surface area contributed by atoms with Gasteiger partial charge in [0.05, 0.1) is 27.1 Å². The molecule has 200 valence electrons. The highest BCUT2D eigenvalue weighted by Crippen LogP contribution is 2.31. The van der Waals surface area contributed by atoms with Crippen molar-refractivity contribution >= 4 is 62.4 Å². The molecule has 0 aliphatic carbocycles. The van der Waals surface area contributed by atoms with Gasteiger partial charge in [-0.05, 0) is 55.9 Å². The number of nitrogens with one attached hydrogen (secondary N) is 2. The molecule has 0 saturated carbocycles. The van der Waals surface area contributed by atoms with Crippen LogP contribution in [-0.4, -0.2) is 71.5 Å². The summed E-state index contributed by atoms with van der Waals surface area (Å²) in [6.07, 6.45) is 0. The van der Waals surface area contributed by atoms with Gasteiger partial charge in [-0.3, -0.25) is 14.4 Å². The smallest absolute Gasteiger partial charge is 0.256 e. The maximum absolute atomic E-state index is 13.2. The standard InChI is InChI=1S/C29H29N5O3S2/c1-19-7-3-6-10-23(19)31-26(35)18-38-29-32-24-12-11-20(17-25(24)39-29)30-27(36)21-8-4-5-9-22(21)28(37)34-15-13-33(2)14-16-34/h3-12,17H,13-16,18H2,1-2H3,(H,30,36)(H,31,35). The van der Waals surface area contributed by atoms with Gasteiger partial charge in [0.25, 0.3) is 11.8 Å². The van der Waals surface area contributed by atoms with E-state index in [2.05, 4.69) is 20.5 Å². The Balaban J connectivity index is 1.24. The first kappa shape index (κ1) is 26.9. The molecule has 2 heterocycles. The van der Waals surface area contributed by atoms with Crippen LogP contribution in [0.5, 0.6) is 0 Å². The quantitative estimate of drug-likeness (QED) is 0.311. The molecule has 0 unspecified atom stereocenters. The lowest BCUT2D eigenvalue weighted by molar-refractivity contribution is -0.113. The van der Waals surface area contributed by atoms with Crippen LogP contribution in [0.4, 0.5) is 11.4 Å². The number of hydrogen-bond acceptors (Lipinski definition) is 7. The van der Waals surface area contributed by atoms with Crippen LogP contribution in [0.2, 0.25) is 0 Å². The van der Waals surface area contributed by atoms with Gasteiger partial charge in [0.15, 0.2) is 4.34 Å². The van der Waals surface area contributed by atoms with E-state index in [1.54, 1.807) is 35.2 Å². The minimum Gasteiger partial charge on any atom is -0.336 e. The number of aryl methyl sites for hydroxylation is 1. The summed E-state index contributed by atoms with van der Waals surface area (Å²) in [4.78, 5) is 47.4. The van der Waals surface area contributed by atoms with Crippen molar-refractivity contribution in [2.24, 2.45) is 0 Å². The number of hydrogen-bond donors (Lipinski definition) is 2. The molecular weight excluding hydrogens is 530 g/mol. The van der Waals surface area contributed by atoms with Crippen molar-refractivity contribution in [3.05, 3.63) is 83.4 Å². The SMILES string of the molecule is Cc1ccccc1NC(=O)CSc1nc2ccc(NC(=O)c3ccccc3C(=O)N3CCN(C)CC3)cc2s1. The monoisotopic (exact) mass is 559 g/mol. The first-order valence-electron chi connectivity index (χ1n) is 12.6. The third kappa shape index (κ3) is 6.47. The Kier molecular flexibility index (Phi) is 8.25. The van der Waals surface area contributed by atoms with E-state index in [4.69, 9.17) is 0 Å². The molecule has 1 aliphatic heterocycles. The van der Waals surface area contributed by atoms with Gasteiger partial charge in [-0.1, -0.05) is 42.1 Å². The Hall–Kier alpha value is -3.73. The fourth-order valence-corrected chi connectivity index (χ4v) is 6.22. The number of nitrogens with zero attached hydrogens (tertiary/aromatic N) is 3. The fourth-order valence-electron chi connectivity index (χ4n) is 4.32. The van der Waals surface area contributed by atoms with E-state index >= 15 is 0 Å². The maximum atomic E-state index is 13.2. The van der Waals surface area contributed by atoms with Crippen molar-refractivity contribution in [1.29, 1.82) is 0 Å². The number of aromatic nitrogens is 1. The summed E-state index contributed by atoms with van der Waals surface area (Å²) in [7, 11) is 2.04. The molecule has 3 aromatic carbocycles. The highest BCUT2D eigenvalue weighted by atomic mass is 32.2. The number of carbonyl (C=O) groups excluding carboxylic acids is 3. The number of likely N-dealkylation sites (N-methyl/N-ethyl adjacent to an activating group) is 1. The predicted octanol–water partition coefficient (Wildman–Crippen LogP) is 4.98. The predicted molar refractivity (Wildman–Crippen MR) is 158 cm³/mol. The highest BCUT2D eigenvalue weighted by Gasteiger charge is 2.24. The number of thioether (sulfide) groups is 1. The second-order valence-electron chi connectivity index (χ2n) is 9.41.